The van der Waals surface area contributed by atoms with Gasteiger partial charge in [-0.15, -0.1) is 22.7 Å². The van der Waals surface area contributed by atoms with Crippen molar-refractivity contribution in [1.29, 1.82) is 0 Å². The van der Waals surface area contributed by atoms with Crippen LogP contribution < -0.4 is 9.70 Å². The van der Waals surface area contributed by atoms with Crippen LogP contribution in [0, 0.1) is 5.92 Å². The Morgan fingerprint density at radius 2 is 1.76 bits per heavy atom. The summed E-state index contributed by atoms with van der Waals surface area (Å²) in [5.41, 5.74) is 3.95. The SMILES string of the molecule is CC(C)CN1C(=O)C(=Nn2c(-c3ccc(Br)s3)csc2=Nc2ccccc2)c2ccccc21. The number of carbonyl (C=O) groups excluding carboxylic acids is 1. The summed E-state index contributed by atoms with van der Waals surface area (Å²) in [5.74, 6) is 0.269. The van der Waals surface area contributed by atoms with Crippen LogP contribution in [-0.2, 0) is 4.79 Å². The van der Waals surface area contributed by atoms with Gasteiger partial charge in [-0.25, -0.2) is 9.67 Å². The topological polar surface area (TPSA) is 50.0 Å². The van der Waals surface area contributed by atoms with Crippen LogP contribution in [0.5, 0.6) is 0 Å². The number of rotatable bonds is 5. The molecule has 0 saturated heterocycles. The maximum absolute atomic E-state index is 13.5. The third-order valence-corrected chi connectivity index (χ3v) is 7.60. The number of para-hydroxylation sites is 2. The van der Waals surface area contributed by atoms with E-state index in [2.05, 4.69) is 35.8 Å². The van der Waals surface area contributed by atoms with Gasteiger partial charge < -0.3 is 4.90 Å². The zero-order valence-corrected chi connectivity index (χ0v) is 21.3. The minimum absolute atomic E-state index is 0.0763. The molecule has 0 unspecified atom stereocenters. The van der Waals surface area contributed by atoms with Crippen molar-refractivity contribution >= 4 is 61.6 Å². The highest BCUT2D eigenvalue weighted by atomic mass is 79.9. The molecule has 1 amide bonds. The lowest BCUT2D eigenvalue weighted by Gasteiger charge is -2.18. The number of thiophene rings is 1. The zero-order valence-electron chi connectivity index (χ0n) is 18.1. The van der Waals surface area contributed by atoms with Crippen molar-refractivity contribution in [2.75, 3.05) is 11.4 Å². The average Bonchev–Trinajstić information content (AvgIpc) is 3.48. The Morgan fingerprint density at radius 1 is 1.00 bits per heavy atom. The first-order valence-electron chi connectivity index (χ1n) is 10.6. The van der Waals surface area contributed by atoms with Crippen molar-refractivity contribution in [1.82, 2.24) is 4.68 Å². The van der Waals surface area contributed by atoms with E-state index in [1.165, 1.54) is 11.3 Å². The van der Waals surface area contributed by atoms with Gasteiger partial charge in [-0.1, -0.05) is 50.2 Å². The molecule has 5 rings (SSSR count). The average molecular weight is 538 g/mol. The lowest BCUT2D eigenvalue weighted by atomic mass is 10.1. The summed E-state index contributed by atoms with van der Waals surface area (Å²) in [4.78, 5) is 21.9. The maximum atomic E-state index is 13.5. The number of benzene rings is 2. The number of carbonyl (C=O) groups is 1. The third-order valence-electron chi connectivity index (χ3n) is 5.14. The highest BCUT2D eigenvalue weighted by Crippen LogP contribution is 2.33. The van der Waals surface area contributed by atoms with Crippen LogP contribution in [0.1, 0.15) is 19.4 Å². The van der Waals surface area contributed by atoms with Gasteiger partial charge in [0.05, 0.1) is 25.7 Å². The van der Waals surface area contributed by atoms with Crippen LogP contribution in [0.25, 0.3) is 10.6 Å². The largest absolute Gasteiger partial charge is 0.306 e. The van der Waals surface area contributed by atoms with Crippen molar-refractivity contribution in [3.63, 3.8) is 0 Å². The molecule has 0 bridgehead atoms. The summed E-state index contributed by atoms with van der Waals surface area (Å²) < 4.78 is 2.84. The van der Waals surface area contributed by atoms with Gasteiger partial charge in [0.2, 0.25) is 4.80 Å². The van der Waals surface area contributed by atoms with Gasteiger partial charge in [0, 0.05) is 17.5 Å². The maximum Gasteiger partial charge on any atom is 0.279 e. The molecule has 166 valence electrons. The molecule has 0 atom stereocenters. The van der Waals surface area contributed by atoms with Crippen LogP contribution >= 0.6 is 38.6 Å². The van der Waals surface area contributed by atoms with Gasteiger partial charge in [-0.05, 0) is 52.2 Å². The number of anilines is 1. The molecular weight excluding hydrogens is 516 g/mol. The molecule has 0 fully saturated rings. The Morgan fingerprint density at radius 3 is 2.48 bits per heavy atom. The van der Waals surface area contributed by atoms with Crippen LogP contribution in [0.4, 0.5) is 11.4 Å². The summed E-state index contributed by atoms with van der Waals surface area (Å²) in [6.45, 7) is 4.87. The van der Waals surface area contributed by atoms with Crippen LogP contribution in [0.15, 0.2) is 86.0 Å². The van der Waals surface area contributed by atoms with E-state index in [-0.39, 0.29) is 5.91 Å². The van der Waals surface area contributed by atoms with Crippen molar-refractivity contribution < 1.29 is 4.79 Å². The van der Waals surface area contributed by atoms with E-state index >= 15 is 0 Å². The summed E-state index contributed by atoms with van der Waals surface area (Å²) in [6, 6.07) is 21.7. The molecule has 2 aromatic carbocycles. The van der Waals surface area contributed by atoms with Gasteiger partial charge in [-0.3, -0.25) is 4.79 Å². The van der Waals surface area contributed by atoms with Gasteiger partial charge >= 0.3 is 0 Å². The predicted molar refractivity (Wildman–Crippen MR) is 141 cm³/mol. The Kier molecular flexibility index (Phi) is 6.14. The van der Waals surface area contributed by atoms with Crippen molar-refractivity contribution in [3.05, 3.63) is 86.3 Å². The minimum atomic E-state index is -0.0763. The highest BCUT2D eigenvalue weighted by molar-refractivity contribution is 9.11. The number of fused-ring (bicyclic) bond motifs is 1. The van der Waals surface area contributed by atoms with Gasteiger partial charge in [0.15, 0.2) is 5.71 Å². The molecule has 0 spiro atoms. The first-order valence-corrected chi connectivity index (χ1v) is 13.1. The molecule has 5 nitrogen and oxygen atoms in total. The normalized spacial score (nSPS) is 15.2. The first kappa shape index (κ1) is 22.0. The van der Waals surface area contributed by atoms with Crippen LogP contribution in [0.3, 0.4) is 0 Å². The molecule has 0 aliphatic carbocycles. The van der Waals surface area contributed by atoms with E-state index in [0.29, 0.717) is 23.0 Å². The lowest BCUT2D eigenvalue weighted by Crippen LogP contribution is -2.33. The molecule has 3 heterocycles. The Hall–Kier alpha value is -2.81. The molecule has 0 N–H and O–H groups in total. The van der Waals surface area contributed by atoms with Crippen molar-refractivity contribution in [3.8, 4) is 10.6 Å². The lowest BCUT2D eigenvalue weighted by molar-refractivity contribution is -0.112. The van der Waals surface area contributed by atoms with E-state index in [9.17, 15) is 4.79 Å². The van der Waals surface area contributed by atoms with E-state index in [4.69, 9.17) is 10.1 Å². The second-order valence-corrected chi connectivity index (χ2v) is 11.3. The Balaban J connectivity index is 1.71. The van der Waals surface area contributed by atoms with Gasteiger partial charge in [-0.2, -0.15) is 5.10 Å². The number of hydrogen-bond acceptors (Lipinski definition) is 5. The number of thiazole rings is 1. The third kappa shape index (κ3) is 4.38. The number of amides is 1. The minimum Gasteiger partial charge on any atom is -0.306 e. The smallest absolute Gasteiger partial charge is 0.279 e. The molecule has 1 aliphatic heterocycles. The molecular formula is C25H21BrN4OS2. The Labute approximate surface area is 208 Å². The van der Waals surface area contributed by atoms with Crippen molar-refractivity contribution in [2.45, 2.75) is 13.8 Å². The fourth-order valence-corrected chi connectivity index (χ4v) is 6.02. The zero-order chi connectivity index (χ0) is 22.9. The molecule has 0 saturated carbocycles. The van der Waals surface area contributed by atoms with Crippen LogP contribution in [0.2, 0.25) is 0 Å². The fraction of sp³-hybridized carbons (Fsp3) is 0.160. The number of hydrogen-bond donors (Lipinski definition) is 0. The molecule has 2 aromatic heterocycles. The van der Waals surface area contributed by atoms with Gasteiger partial charge in [0.1, 0.15) is 0 Å². The van der Waals surface area contributed by atoms with E-state index in [1.807, 2.05) is 70.9 Å². The first-order chi connectivity index (χ1) is 16.0. The standard InChI is InChI=1S/C25H21BrN4OS2/c1-16(2)14-29-19-11-7-6-10-18(19)23(24(29)31)28-30-20(21-12-13-22(26)33-21)15-32-25(30)27-17-8-4-3-5-9-17/h3-13,15-16H,14H2,1-2H3. The predicted octanol–water partition coefficient (Wildman–Crippen LogP) is 6.53. The second kappa shape index (κ2) is 9.21. The van der Waals surface area contributed by atoms with E-state index in [1.54, 1.807) is 16.0 Å². The Bertz CT molecular complexity index is 1420. The molecule has 8 heteroatoms. The summed E-state index contributed by atoms with van der Waals surface area (Å²) >= 11 is 6.69. The summed E-state index contributed by atoms with van der Waals surface area (Å²) in [5, 5.41) is 6.97. The molecule has 4 aromatic rings. The second-order valence-electron chi connectivity index (χ2n) is 8.04. The van der Waals surface area contributed by atoms with Crippen LogP contribution in [-0.4, -0.2) is 22.8 Å². The molecule has 1 aliphatic rings. The summed E-state index contributed by atoms with van der Waals surface area (Å²) in [7, 11) is 0. The number of aromatic nitrogens is 1. The fourth-order valence-electron chi connectivity index (χ4n) is 3.71. The quantitative estimate of drug-likeness (QED) is 0.286. The highest BCUT2D eigenvalue weighted by Gasteiger charge is 2.34. The number of nitrogens with zero attached hydrogens (tertiary/aromatic N) is 4. The molecule has 33 heavy (non-hydrogen) atoms. The number of halogens is 1. The van der Waals surface area contributed by atoms with E-state index in [0.717, 1.165) is 31.3 Å². The summed E-state index contributed by atoms with van der Waals surface area (Å²) in [6.07, 6.45) is 0. The molecule has 0 radical (unpaired) electrons. The van der Waals surface area contributed by atoms with Gasteiger partial charge in [0.25, 0.3) is 5.91 Å². The van der Waals surface area contributed by atoms with Crippen molar-refractivity contribution in [2.24, 2.45) is 16.0 Å². The van der Waals surface area contributed by atoms with E-state index < -0.39 is 0 Å². The monoisotopic (exact) mass is 536 g/mol.